The van der Waals surface area contributed by atoms with Crippen LogP contribution in [0.2, 0.25) is 0 Å². The molecular weight excluding hydrogens is 218 g/mol. The first-order valence-electron chi connectivity index (χ1n) is 6.61. The van der Waals surface area contributed by atoms with Gasteiger partial charge in [0.05, 0.1) is 24.5 Å². The van der Waals surface area contributed by atoms with E-state index in [0.29, 0.717) is 12.3 Å². The lowest BCUT2D eigenvalue weighted by molar-refractivity contribution is -0.144. The Kier molecular flexibility index (Phi) is 3.52. The van der Waals surface area contributed by atoms with Gasteiger partial charge in [-0.15, -0.1) is 0 Å². The predicted octanol–water partition coefficient (Wildman–Crippen LogP) is 1.18. The lowest BCUT2D eigenvalue weighted by atomic mass is 10.00. The zero-order valence-corrected chi connectivity index (χ0v) is 10.6. The van der Waals surface area contributed by atoms with Crippen molar-refractivity contribution in [3.63, 3.8) is 0 Å². The maximum absolute atomic E-state index is 12.2. The molecule has 0 radical (unpaired) electrons. The molecule has 1 aliphatic carbocycles. The first-order valence-corrected chi connectivity index (χ1v) is 6.61. The molecular formula is C13H21NO3. The number of hydrogen-bond acceptors (Lipinski definition) is 3. The Bertz CT molecular complexity index is 301. The number of hydrogen-bond donors (Lipinski definition) is 1. The summed E-state index contributed by atoms with van der Waals surface area (Å²) in [5.41, 5.74) is 0. The van der Waals surface area contributed by atoms with E-state index in [-0.39, 0.29) is 36.3 Å². The molecule has 2 amide bonds. The molecule has 4 nitrogen and oxygen atoms in total. The van der Waals surface area contributed by atoms with Crippen LogP contribution in [0.1, 0.15) is 39.5 Å². The molecule has 17 heavy (non-hydrogen) atoms. The number of aliphatic hydroxyl groups is 1. The number of fused-ring (bicyclic) bond motifs is 1. The normalized spacial score (nSPS) is 34.3. The van der Waals surface area contributed by atoms with Crippen LogP contribution in [0.4, 0.5) is 0 Å². The van der Waals surface area contributed by atoms with Crippen molar-refractivity contribution in [3.8, 4) is 0 Å². The predicted molar refractivity (Wildman–Crippen MR) is 63.0 cm³/mol. The van der Waals surface area contributed by atoms with Crippen LogP contribution in [0.15, 0.2) is 0 Å². The third-order valence-corrected chi connectivity index (χ3v) is 4.39. The second-order valence-corrected chi connectivity index (χ2v) is 5.25. The van der Waals surface area contributed by atoms with Crippen molar-refractivity contribution in [1.29, 1.82) is 0 Å². The fourth-order valence-corrected chi connectivity index (χ4v) is 3.24. The Morgan fingerprint density at radius 3 is 2.12 bits per heavy atom. The van der Waals surface area contributed by atoms with E-state index in [1.54, 1.807) is 0 Å². The van der Waals surface area contributed by atoms with Crippen LogP contribution in [0, 0.1) is 17.8 Å². The van der Waals surface area contributed by atoms with Crippen molar-refractivity contribution in [2.75, 3.05) is 6.61 Å². The van der Waals surface area contributed by atoms with E-state index in [4.69, 9.17) is 0 Å². The van der Waals surface area contributed by atoms with Gasteiger partial charge in [-0.2, -0.15) is 0 Å². The maximum Gasteiger partial charge on any atom is 0.233 e. The van der Waals surface area contributed by atoms with Gasteiger partial charge in [0.2, 0.25) is 11.8 Å². The quantitative estimate of drug-likeness (QED) is 0.749. The van der Waals surface area contributed by atoms with Gasteiger partial charge in [0, 0.05) is 0 Å². The van der Waals surface area contributed by atoms with Crippen molar-refractivity contribution >= 4 is 11.8 Å². The highest BCUT2D eigenvalue weighted by molar-refractivity contribution is 6.05. The van der Waals surface area contributed by atoms with Gasteiger partial charge in [0.1, 0.15) is 0 Å². The largest absolute Gasteiger partial charge is 0.394 e. The summed E-state index contributed by atoms with van der Waals surface area (Å²) in [5.74, 6) is 0.226. The number of carbonyl (C=O) groups excluding carboxylic acids is 2. The summed E-state index contributed by atoms with van der Waals surface area (Å²) >= 11 is 0. The SMILES string of the molecule is CCC1CC2C(=O)N([C@@H](CC)CO)C(=O)C2C1. The number of likely N-dealkylation sites (tertiary alicyclic amines) is 1. The van der Waals surface area contributed by atoms with E-state index in [9.17, 15) is 14.7 Å². The third-order valence-electron chi connectivity index (χ3n) is 4.39. The first kappa shape index (κ1) is 12.6. The van der Waals surface area contributed by atoms with Gasteiger partial charge in [0.15, 0.2) is 0 Å². The highest BCUT2D eigenvalue weighted by Crippen LogP contribution is 2.44. The minimum Gasteiger partial charge on any atom is -0.394 e. The summed E-state index contributed by atoms with van der Waals surface area (Å²) in [6.07, 6.45) is 3.38. The third kappa shape index (κ3) is 1.88. The van der Waals surface area contributed by atoms with E-state index in [0.717, 1.165) is 19.3 Å². The van der Waals surface area contributed by atoms with Gasteiger partial charge in [-0.3, -0.25) is 14.5 Å². The Morgan fingerprint density at radius 1 is 1.24 bits per heavy atom. The van der Waals surface area contributed by atoms with Crippen LogP contribution < -0.4 is 0 Å². The number of carbonyl (C=O) groups is 2. The van der Waals surface area contributed by atoms with Crippen molar-refractivity contribution in [2.45, 2.75) is 45.6 Å². The van der Waals surface area contributed by atoms with Crippen LogP contribution >= 0.6 is 0 Å². The minimum atomic E-state index is -0.319. The minimum absolute atomic E-state index is 0.0446. The smallest absolute Gasteiger partial charge is 0.233 e. The molecule has 2 fully saturated rings. The lowest BCUT2D eigenvalue weighted by Gasteiger charge is -2.25. The molecule has 0 aromatic carbocycles. The van der Waals surface area contributed by atoms with Crippen LogP contribution in [0.25, 0.3) is 0 Å². The number of rotatable bonds is 4. The molecule has 2 unspecified atom stereocenters. The van der Waals surface area contributed by atoms with Crippen LogP contribution in [0.5, 0.6) is 0 Å². The molecule has 2 rings (SSSR count). The Hall–Kier alpha value is -0.900. The van der Waals surface area contributed by atoms with E-state index < -0.39 is 0 Å². The van der Waals surface area contributed by atoms with Gasteiger partial charge in [0.25, 0.3) is 0 Å². The van der Waals surface area contributed by atoms with Crippen molar-refractivity contribution < 1.29 is 14.7 Å². The zero-order chi connectivity index (χ0) is 12.6. The number of aliphatic hydroxyl groups excluding tert-OH is 1. The van der Waals surface area contributed by atoms with E-state index in [2.05, 4.69) is 6.92 Å². The van der Waals surface area contributed by atoms with Gasteiger partial charge in [-0.25, -0.2) is 0 Å². The molecule has 0 aromatic rings. The van der Waals surface area contributed by atoms with E-state index in [1.165, 1.54) is 4.90 Å². The summed E-state index contributed by atoms with van der Waals surface area (Å²) < 4.78 is 0. The van der Waals surface area contributed by atoms with Crippen molar-refractivity contribution in [2.24, 2.45) is 17.8 Å². The van der Waals surface area contributed by atoms with Crippen LogP contribution in [-0.2, 0) is 9.59 Å². The molecule has 1 aliphatic heterocycles. The van der Waals surface area contributed by atoms with Crippen LogP contribution in [-0.4, -0.2) is 34.5 Å². The summed E-state index contributed by atoms with van der Waals surface area (Å²) in [6.45, 7) is 3.88. The number of imide groups is 1. The van der Waals surface area contributed by atoms with Gasteiger partial charge >= 0.3 is 0 Å². The summed E-state index contributed by atoms with van der Waals surface area (Å²) in [5, 5.41) is 9.24. The van der Waals surface area contributed by atoms with E-state index in [1.807, 2.05) is 6.92 Å². The molecule has 0 aromatic heterocycles. The second-order valence-electron chi connectivity index (χ2n) is 5.25. The zero-order valence-electron chi connectivity index (χ0n) is 10.6. The molecule has 0 spiro atoms. The fourth-order valence-electron chi connectivity index (χ4n) is 3.24. The molecule has 1 N–H and O–H groups in total. The number of nitrogens with zero attached hydrogens (tertiary/aromatic N) is 1. The van der Waals surface area contributed by atoms with Gasteiger partial charge < -0.3 is 5.11 Å². The lowest BCUT2D eigenvalue weighted by Crippen LogP contribution is -2.43. The van der Waals surface area contributed by atoms with Crippen molar-refractivity contribution in [3.05, 3.63) is 0 Å². The fraction of sp³-hybridized carbons (Fsp3) is 0.846. The molecule has 3 atom stereocenters. The summed E-state index contributed by atoms with van der Waals surface area (Å²) in [7, 11) is 0. The molecule has 1 saturated heterocycles. The molecule has 2 aliphatic rings. The van der Waals surface area contributed by atoms with Gasteiger partial charge in [-0.05, 0) is 25.2 Å². The molecule has 1 heterocycles. The second kappa shape index (κ2) is 4.77. The standard InChI is InChI=1S/C13H21NO3/c1-3-8-5-10-11(6-8)13(17)14(12(10)16)9(4-2)7-15/h8-11,15H,3-7H2,1-2H3/t8?,9-,10?,11?/m0/s1. The Balaban J connectivity index is 2.16. The Labute approximate surface area is 102 Å². The summed E-state index contributed by atoms with van der Waals surface area (Å²) in [4.78, 5) is 25.8. The topological polar surface area (TPSA) is 57.6 Å². The highest BCUT2D eigenvalue weighted by atomic mass is 16.3. The average molecular weight is 239 g/mol. The highest BCUT2D eigenvalue weighted by Gasteiger charge is 2.53. The molecule has 4 heteroatoms. The monoisotopic (exact) mass is 239 g/mol. The molecule has 0 bridgehead atoms. The van der Waals surface area contributed by atoms with Crippen LogP contribution in [0.3, 0.4) is 0 Å². The van der Waals surface area contributed by atoms with Gasteiger partial charge in [-0.1, -0.05) is 20.3 Å². The molecule has 96 valence electrons. The molecule has 1 saturated carbocycles. The Morgan fingerprint density at radius 2 is 1.76 bits per heavy atom. The number of amides is 2. The van der Waals surface area contributed by atoms with Crippen molar-refractivity contribution in [1.82, 2.24) is 4.90 Å². The average Bonchev–Trinajstić information content (AvgIpc) is 2.85. The summed E-state index contributed by atoms with van der Waals surface area (Å²) in [6, 6.07) is -0.319. The van der Waals surface area contributed by atoms with E-state index >= 15 is 0 Å². The first-order chi connectivity index (χ1) is 8.13. The maximum atomic E-state index is 12.2.